The zero-order valence-electron chi connectivity index (χ0n) is 16.4. The van der Waals surface area contributed by atoms with Gasteiger partial charge in [0.15, 0.2) is 5.82 Å². The summed E-state index contributed by atoms with van der Waals surface area (Å²) in [4.78, 5) is 29.9. The molecule has 162 valence electrons. The molecule has 2 atom stereocenters. The van der Waals surface area contributed by atoms with Gasteiger partial charge < -0.3 is 25.4 Å². The largest absolute Gasteiger partial charge is 0.477 e. The molecule has 1 aromatic carbocycles. The smallest absolute Gasteiger partial charge is 0.341 e. The van der Waals surface area contributed by atoms with E-state index in [-0.39, 0.29) is 46.2 Å². The van der Waals surface area contributed by atoms with E-state index in [9.17, 15) is 19.1 Å². The van der Waals surface area contributed by atoms with Gasteiger partial charge in [-0.1, -0.05) is 0 Å². The van der Waals surface area contributed by atoms with Gasteiger partial charge in [0, 0.05) is 36.7 Å². The van der Waals surface area contributed by atoms with Gasteiger partial charge in [0.2, 0.25) is 5.43 Å². The van der Waals surface area contributed by atoms with Crippen LogP contribution >= 0.6 is 0 Å². The molecule has 5 rings (SSSR count). The zero-order chi connectivity index (χ0) is 22.0. The summed E-state index contributed by atoms with van der Waals surface area (Å²) in [7, 11) is 0. The van der Waals surface area contributed by atoms with Gasteiger partial charge in [-0.2, -0.15) is 0 Å². The van der Waals surface area contributed by atoms with Crippen molar-refractivity contribution in [1.29, 1.82) is 0 Å². The summed E-state index contributed by atoms with van der Waals surface area (Å²) in [6.07, 6.45) is 2.65. The van der Waals surface area contributed by atoms with E-state index < -0.39 is 34.8 Å². The van der Waals surface area contributed by atoms with Crippen LogP contribution in [0, 0.1) is 17.6 Å². The Morgan fingerprint density at radius 1 is 1.29 bits per heavy atom. The molecule has 0 amide bonds. The number of hydrogen-bond donors (Lipinski definition) is 3. The van der Waals surface area contributed by atoms with Crippen molar-refractivity contribution in [2.24, 2.45) is 11.7 Å². The van der Waals surface area contributed by atoms with E-state index in [0.29, 0.717) is 13.0 Å². The Kier molecular flexibility index (Phi) is 4.45. The van der Waals surface area contributed by atoms with E-state index in [2.05, 4.69) is 4.98 Å². The van der Waals surface area contributed by atoms with E-state index in [1.165, 1.54) is 17.2 Å². The lowest BCUT2D eigenvalue weighted by Crippen LogP contribution is -2.62. The first-order chi connectivity index (χ1) is 14.8. The van der Waals surface area contributed by atoms with Crippen LogP contribution in [0.3, 0.4) is 0 Å². The van der Waals surface area contributed by atoms with Gasteiger partial charge in [-0.15, -0.1) is 0 Å². The fraction of sp³-hybridized carbons (Fsp3) is 0.381. The highest BCUT2D eigenvalue weighted by Crippen LogP contribution is 2.39. The van der Waals surface area contributed by atoms with Gasteiger partial charge >= 0.3 is 5.97 Å². The Morgan fingerprint density at radius 2 is 2.03 bits per heavy atom. The number of nitrogens with zero attached hydrogens (tertiary/aromatic N) is 3. The minimum Gasteiger partial charge on any atom is -0.477 e. The molecular formula is C21H20F2N4O4. The number of carboxylic acids is 1. The number of aromatic carboxylic acids is 1. The van der Waals surface area contributed by atoms with E-state index >= 15 is 4.39 Å². The standard InChI is InChI=1S/C21H20F2N4O4/c22-14-6-10-5-12-18(29)13(21(30)31)8-26(11-1-2-11)20(12)25-16(10)15(23)17(14)27-7-9(3-4-28)19(27)24/h5-6,8-9,11,19,28H,1-4,7,24H2,(H,30,31). The van der Waals surface area contributed by atoms with Crippen molar-refractivity contribution >= 4 is 33.6 Å². The summed E-state index contributed by atoms with van der Waals surface area (Å²) in [5, 5.41) is 18.5. The molecule has 4 N–H and O–H groups in total. The summed E-state index contributed by atoms with van der Waals surface area (Å²) in [5.74, 6) is -3.16. The van der Waals surface area contributed by atoms with Crippen LogP contribution in [-0.2, 0) is 0 Å². The highest BCUT2D eigenvalue weighted by Gasteiger charge is 2.39. The molecule has 10 heteroatoms. The molecule has 2 aromatic heterocycles. The first kappa shape index (κ1) is 19.8. The number of carbonyl (C=O) groups is 1. The van der Waals surface area contributed by atoms with Crippen LogP contribution < -0.4 is 16.1 Å². The number of benzene rings is 1. The zero-order valence-corrected chi connectivity index (χ0v) is 16.4. The molecule has 1 saturated heterocycles. The molecular weight excluding hydrogens is 410 g/mol. The number of rotatable bonds is 5. The first-order valence-corrected chi connectivity index (χ1v) is 10.1. The van der Waals surface area contributed by atoms with Gasteiger partial charge in [-0.05, 0) is 31.4 Å². The molecule has 3 heterocycles. The Balaban J connectivity index is 1.72. The average Bonchev–Trinajstić information content (AvgIpc) is 3.57. The second-order valence-corrected chi connectivity index (χ2v) is 8.18. The van der Waals surface area contributed by atoms with Crippen molar-refractivity contribution in [3.8, 4) is 0 Å². The molecule has 2 fully saturated rings. The minimum absolute atomic E-state index is 0.00881. The fourth-order valence-electron chi connectivity index (χ4n) is 4.31. The van der Waals surface area contributed by atoms with Crippen LogP contribution in [0.4, 0.5) is 14.5 Å². The molecule has 0 bridgehead atoms. The number of aliphatic hydroxyl groups is 1. The Morgan fingerprint density at radius 3 is 2.65 bits per heavy atom. The van der Waals surface area contributed by atoms with Gasteiger partial charge in [-0.25, -0.2) is 18.6 Å². The van der Waals surface area contributed by atoms with Crippen molar-refractivity contribution < 1.29 is 23.8 Å². The van der Waals surface area contributed by atoms with Crippen molar-refractivity contribution in [1.82, 2.24) is 9.55 Å². The monoisotopic (exact) mass is 430 g/mol. The number of halogens is 2. The van der Waals surface area contributed by atoms with Crippen LogP contribution in [0.2, 0.25) is 0 Å². The molecule has 2 unspecified atom stereocenters. The molecule has 1 saturated carbocycles. The van der Waals surface area contributed by atoms with Crippen LogP contribution in [0.25, 0.3) is 21.9 Å². The highest BCUT2D eigenvalue weighted by molar-refractivity contribution is 5.97. The lowest BCUT2D eigenvalue weighted by Gasteiger charge is -2.47. The van der Waals surface area contributed by atoms with Gasteiger partial charge in [0.25, 0.3) is 0 Å². The summed E-state index contributed by atoms with van der Waals surface area (Å²) in [6.45, 7) is 0.253. The Bertz CT molecular complexity index is 1300. The third-order valence-corrected chi connectivity index (χ3v) is 6.19. The topological polar surface area (TPSA) is 122 Å². The Labute approximate surface area is 174 Å². The predicted molar refractivity (Wildman–Crippen MR) is 109 cm³/mol. The summed E-state index contributed by atoms with van der Waals surface area (Å²) in [6, 6.07) is 2.36. The highest BCUT2D eigenvalue weighted by atomic mass is 19.1. The number of aliphatic hydroxyl groups excluding tert-OH is 1. The molecule has 1 aliphatic carbocycles. The number of hydrogen-bond acceptors (Lipinski definition) is 6. The first-order valence-electron chi connectivity index (χ1n) is 10.1. The normalized spacial score (nSPS) is 21.0. The molecule has 31 heavy (non-hydrogen) atoms. The summed E-state index contributed by atoms with van der Waals surface area (Å²) >= 11 is 0. The molecule has 8 nitrogen and oxygen atoms in total. The molecule has 0 spiro atoms. The fourth-order valence-corrected chi connectivity index (χ4v) is 4.31. The average molecular weight is 430 g/mol. The van der Waals surface area contributed by atoms with E-state index in [0.717, 1.165) is 18.9 Å². The number of anilines is 1. The van der Waals surface area contributed by atoms with Crippen molar-refractivity contribution in [2.75, 3.05) is 18.1 Å². The number of nitrogens with two attached hydrogens (primary N) is 1. The predicted octanol–water partition coefficient (Wildman–Crippen LogP) is 1.96. The number of fused-ring (bicyclic) bond motifs is 2. The molecule has 1 aliphatic heterocycles. The van der Waals surface area contributed by atoms with E-state index in [4.69, 9.17) is 10.8 Å². The number of aromatic nitrogens is 2. The Hall–Kier alpha value is -3.11. The van der Waals surface area contributed by atoms with Gasteiger partial charge in [0.1, 0.15) is 28.2 Å². The molecule has 2 aliphatic rings. The number of pyridine rings is 2. The van der Waals surface area contributed by atoms with Crippen molar-refractivity contribution in [3.63, 3.8) is 0 Å². The van der Waals surface area contributed by atoms with Gasteiger partial charge in [0.05, 0.1) is 11.6 Å². The molecule has 3 aromatic rings. The minimum atomic E-state index is -1.36. The number of carboxylic acid groups (broad SMARTS) is 1. The second kappa shape index (κ2) is 6.96. The molecule has 0 radical (unpaired) electrons. The van der Waals surface area contributed by atoms with Crippen LogP contribution in [-0.4, -0.2) is 45.1 Å². The van der Waals surface area contributed by atoms with Crippen LogP contribution in [0.15, 0.2) is 23.1 Å². The quantitative estimate of drug-likeness (QED) is 0.529. The lowest BCUT2D eigenvalue weighted by molar-refractivity contribution is 0.0695. The van der Waals surface area contributed by atoms with E-state index in [1.807, 2.05) is 0 Å². The third-order valence-electron chi connectivity index (χ3n) is 6.19. The van der Waals surface area contributed by atoms with Crippen LogP contribution in [0.1, 0.15) is 35.7 Å². The lowest BCUT2D eigenvalue weighted by atomic mass is 9.91. The van der Waals surface area contributed by atoms with Crippen LogP contribution in [0.5, 0.6) is 0 Å². The van der Waals surface area contributed by atoms with E-state index in [1.54, 1.807) is 4.57 Å². The summed E-state index contributed by atoms with van der Waals surface area (Å²) in [5.41, 5.74) is 4.68. The SMILES string of the molecule is NC1C(CCO)CN1c1c(F)cc2cc3c(=O)c(C(=O)O)cn(C4CC4)c3nc2c1F. The second-order valence-electron chi connectivity index (χ2n) is 8.18. The van der Waals surface area contributed by atoms with Crippen molar-refractivity contribution in [3.05, 3.63) is 45.8 Å². The summed E-state index contributed by atoms with van der Waals surface area (Å²) < 4.78 is 31.9. The van der Waals surface area contributed by atoms with Gasteiger partial charge in [-0.3, -0.25) is 4.79 Å². The maximum atomic E-state index is 15.4. The third kappa shape index (κ3) is 2.97. The van der Waals surface area contributed by atoms with Crippen molar-refractivity contribution in [2.45, 2.75) is 31.5 Å². The maximum Gasteiger partial charge on any atom is 0.341 e. The maximum absolute atomic E-state index is 15.4.